The van der Waals surface area contributed by atoms with Crippen LogP contribution in [-0.2, 0) is 9.53 Å². The molecule has 1 unspecified atom stereocenters. The Labute approximate surface area is 180 Å². The zero-order chi connectivity index (χ0) is 20.9. The summed E-state index contributed by atoms with van der Waals surface area (Å²) in [5.74, 6) is 0.00254. The molecule has 4 rings (SSSR count). The van der Waals surface area contributed by atoms with Gasteiger partial charge in [0.05, 0.1) is 6.04 Å². The molecule has 30 heavy (non-hydrogen) atoms. The Morgan fingerprint density at radius 1 is 0.867 bits per heavy atom. The number of hydrogen-bond donors (Lipinski definition) is 1. The Balaban J connectivity index is 1.45. The minimum absolute atomic E-state index is 0.00254. The first kappa shape index (κ1) is 20.2. The molecule has 5 heteroatoms. The summed E-state index contributed by atoms with van der Waals surface area (Å²) in [4.78, 5) is 23.8. The van der Waals surface area contributed by atoms with Crippen molar-refractivity contribution in [1.82, 2.24) is 5.32 Å². The second kappa shape index (κ2) is 9.14. The SMILES string of the molecule is O=C(Cl)CCC(NC(=O)OCC1c2ccccc2-c2ccccc21)c1ccccc1. The summed E-state index contributed by atoms with van der Waals surface area (Å²) in [7, 11) is 0. The van der Waals surface area contributed by atoms with Crippen LogP contribution in [0.15, 0.2) is 78.9 Å². The van der Waals surface area contributed by atoms with Crippen molar-refractivity contribution in [2.45, 2.75) is 24.8 Å². The fourth-order valence-electron chi connectivity index (χ4n) is 4.05. The zero-order valence-corrected chi connectivity index (χ0v) is 17.1. The van der Waals surface area contributed by atoms with Crippen LogP contribution >= 0.6 is 11.6 Å². The van der Waals surface area contributed by atoms with Crippen LogP contribution in [0, 0.1) is 0 Å². The van der Waals surface area contributed by atoms with Gasteiger partial charge in [-0.25, -0.2) is 4.79 Å². The molecule has 0 saturated heterocycles. The van der Waals surface area contributed by atoms with Gasteiger partial charge in [0, 0.05) is 12.3 Å². The summed E-state index contributed by atoms with van der Waals surface area (Å²) >= 11 is 5.51. The highest BCUT2D eigenvalue weighted by molar-refractivity contribution is 6.63. The van der Waals surface area contributed by atoms with Crippen LogP contribution in [0.5, 0.6) is 0 Å². The second-order valence-corrected chi connectivity index (χ2v) is 7.75. The van der Waals surface area contributed by atoms with Gasteiger partial charge in [-0.1, -0.05) is 78.9 Å². The van der Waals surface area contributed by atoms with Crippen LogP contribution in [0.4, 0.5) is 4.79 Å². The van der Waals surface area contributed by atoms with Crippen LogP contribution in [0.1, 0.15) is 41.5 Å². The van der Waals surface area contributed by atoms with E-state index in [1.807, 2.05) is 54.6 Å². The molecule has 0 spiro atoms. The predicted octanol–water partition coefficient (Wildman–Crippen LogP) is 5.81. The first-order valence-electron chi connectivity index (χ1n) is 9.98. The zero-order valence-electron chi connectivity index (χ0n) is 16.4. The number of carbonyl (C=O) groups excluding carboxylic acids is 2. The minimum atomic E-state index is -0.507. The summed E-state index contributed by atoms with van der Waals surface area (Å²) in [6, 6.07) is 25.6. The number of fused-ring (bicyclic) bond motifs is 3. The van der Waals surface area contributed by atoms with E-state index < -0.39 is 11.3 Å². The number of hydrogen-bond acceptors (Lipinski definition) is 3. The average molecular weight is 420 g/mol. The summed E-state index contributed by atoms with van der Waals surface area (Å²) < 4.78 is 5.63. The molecule has 3 aromatic rings. The molecule has 1 aliphatic carbocycles. The second-order valence-electron chi connectivity index (χ2n) is 7.33. The topological polar surface area (TPSA) is 55.4 Å². The van der Waals surface area contributed by atoms with E-state index in [1.54, 1.807) is 0 Å². The normalized spacial score (nSPS) is 13.2. The molecular weight excluding hydrogens is 398 g/mol. The molecule has 1 amide bonds. The van der Waals surface area contributed by atoms with Gasteiger partial charge in [-0.05, 0) is 45.8 Å². The lowest BCUT2D eigenvalue weighted by atomic mass is 9.98. The lowest BCUT2D eigenvalue weighted by Crippen LogP contribution is -2.30. The molecule has 1 N–H and O–H groups in total. The number of amides is 1. The smallest absolute Gasteiger partial charge is 0.407 e. The Morgan fingerprint density at radius 2 is 1.43 bits per heavy atom. The standard InChI is InChI=1S/C25H22ClNO3/c26-24(28)15-14-23(17-8-2-1-3-9-17)27-25(29)30-16-22-20-12-6-4-10-18(20)19-11-5-7-13-21(19)22/h1-13,22-23H,14-16H2,(H,27,29). The van der Waals surface area contributed by atoms with Crippen molar-refractivity contribution in [3.05, 3.63) is 95.6 Å². The quantitative estimate of drug-likeness (QED) is 0.491. The molecule has 0 bridgehead atoms. The van der Waals surface area contributed by atoms with Gasteiger partial charge in [0.2, 0.25) is 5.24 Å². The van der Waals surface area contributed by atoms with Crippen LogP contribution in [0.2, 0.25) is 0 Å². The lowest BCUT2D eigenvalue weighted by molar-refractivity contribution is -0.111. The first-order valence-corrected chi connectivity index (χ1v) is 10.4. The van der Waals surface area contributed by atoms with Crippen molar-refractivity contribution in [3.8, 4) is 11.1 Å². The predicted molar refractivity (Wildman–Crippen MR) is 117 cm³/mol. The number of alkyl carbamates (subject to hydrolysis) is 1. The number of ether oxygens (including phenoxy) is 1. The third-order valence-corrected chi connectivity index (χ3v) is 5.66. The molecule has 0 radical (unpaired) electrons. The number of halogens is 1. The number of rotatable bonds is 7. The molecule has 0 aliphatic heterocycles. The van der Waals surface area contributed by atoms with Gasteiger partial charge >= 0.3 is 6.09 Å². The molecule has 3 aromatic carbocycles. The molecule has 0 fully saturated rings. The Morgan fingerprint density at radius 3 is 2.03 bits per heavy atom. The van der Waals surface area contributed by atoms with E-state index >= 15 is 0 Å². The fourth-order valence-corrected chi connectivity index (χ4v) is 4.16. The molecule has 152 valence electrons. The van der Waals surface area contributed by atoms with Crippen LogP contribution in [-0.4, -0.2) is 17.9 Å². The Hall–Kier alpha value is -3.11. The van der Waals surface area contributed by atoms with E-state index in [2.05, 4.69) is 29.6 Å². The number of benzene rings is 3. The maximum Gasteiger partial charge on any atom is 0.407 e. The molecular formula is C25H22ClNO3. The fraction of sp³-hybridized carbons (Fsp3) is 0.200. The monoisotopic (exact) mass is 419 g/mol. The minimum Gasteiger partial charge on any atom is -0.449 e. The Kier molecular flexibility index (Phi) is 6.15. The third-order valence-electron chi connectivity index (χ3n) is 5.47. The van der Waals surface area contributed by atoms with E-state index in [-0.39, 0.29) is 25.0 Å². The molecule has 4 nitrogen and oxygen atoms in total. The summed E-state index contributed by atoms with van der Waals surface area (Å²) in [5.41, 5.74) is 5.61. The highest BCUT2D eigenvalue weighted by Crippen LogP contribution is 2.44. The maximum atomic E-state index is 12.6. The van der Waals surface area contributed by atoms with E-state index in [4.69, 9.17) is 16.3 Å². The summed E-state index contributed by atoms with van der Waals surface area (Å²) in [5, 5.41) is 2.46. The van der Waals surface area contributed by atoms with E-state index in [0.717, 1.165) is 5.56 Å². The van der Waals surface area contributed by atoms with E-state index in [9.17, 15) is 9.59 Å². The van der Waals surface area contributed by atoms with E-state index in [1.165, 1.54) is 22.3 Å². The van der Waals surface area contributed by atoms with Crippen LogP contribution in [0.3, 0.4) is 0 Å². The van der Waals surface area contributed by atoms with Crippen LogP contribution < -0.4 is 5.32 Å². The van der Waals surface area contributed by atoms with Gasteiger partial charge < -0.3 is 10.1 Å². The summed E-state index contributed by atoms with van der Waals surface area (Å²) in [6.07, 6.45) is 0.0779. The lowest BCUT2D eigenvalue weighted by Gasteiger charge is -2.20. The first-order chi connectivity index (χ1) is 14.6. The van der Waals surface area contributed by atoms with Crippen molar-refractivity contribution in [2.75, 3.05) is 6.61 Å². The average Bonchev–Trinajstić information content (AvgIpc) is 3.09. The highest BCUT2D eigenvalue weighted by atomic mass is 35.5. The molecule has 1 aliphatic rings. The van der Waals surface area contributed by atoms with Crippen molar-refractivity contribution >= 4 is 22.9 Å². The van der Waals surface area contributed by atoms with Gasteiger partial charge in [0.25, 0.3) is 0 Å². The highest BCUT2D eigenvalue weighted by Gasteiger charge is 2.29. The molecule has 0 heterocycles. The van der Waals surface area contributed by atoms with Gasteiger partial charge in [-0.15, -0.1) is 0 Å². The van der Waals surface area contributed by atoms with Crippen LogP contribution in [0.25, 0.3) is 11.1 Å². The number of carbonyl (C=O) groups is 2. The number of nitrogens with one attached hydrogen (secondary N) is 1. The van der Waals surface area contributed by atoms with Gasteiger partial charge in [-0.2, -0.15) is 0 Å². The third kappa shape index (κ3) is 4.39. The molecule has 0 aromatic heterocycles. The van der Waals surface area contributed by atoms with Crippen molar-refractivity contribution in [2.24, 2.45) is 0 Å². The van der Waals surface area contributed by atoms with Gasteiger partial charge in [-0.3, -0.25) is 4.79 Å². The maximum absolute atomic E-state index is 12.6. The molecule has 0 saturated carbocycles. The van der Waals surface area contributed by atoms with Gasteiger partial charge in [0.1, 0.15) is 6.61 Å². The van der Waals surface area contributed by atoms with Crippen molar-refractivity contribution < 1.29 is 14.3 Å². The van der Waals surface area contributed by atoms with E-state index in [0.29, 0.717) is 6.42 Å². The largest absolute Gasteiger partial charge is 0.449 e. The molecule has 1 atom stereocenters. The van der Waals surface area contributed by atoms with Crippen molar-refractivity contribution in [3.63, 3.8) is 0 Å². The Bertz CT molecular complexity index is 1010. The van der Waals surface area contributed by atoms with Gasteiger partial charge in [0.15, 0.2) is 0 Å². The summed E-state index contributed by atoms with van der Waals surface area (Å²) in [6.45, 7) is 0.246. The van der Waals surface area contributed by atoms with Crippen molar-refractivity contribution in [1.29, 1.82) is 0 Å².